The molecule has 1 amide bonds. The summed E-state index contributed by atoms with van der Waals surface area (Å²) < 4.78 is 0. The predicted octanol–water partition coefficient (Wildman–Crippen LogP) is 2.95. The van der Waals surface area contributed by atoms with Crippen molar-refractivity contribution in [1.82, 2.24) is 10.6 Å². The number of piperidine rings is 1. The molecule has 21 heavy (non-hydrogen) atoms. The van der Waals surface area contributed by atoms with Gasteiger partial charge < -0.3 is 10.6 Å². The van der Waals surface area contributed by atoms with Crippen LogP contribution in [0.15, 0.2) is 24.3 Å². The number of hydrogen-bond donors (Lipinski definition) is 2. The van der Waals surface area contributed by atoms with Crippen molar-refractivity contribution in [3.05, 3.63) is 35.4 Å². The van der Waals surface area contributed by atoms with E-state index in [0.29, 0.717) is 6.54 Å². The quantitative estimate of drug-likeness (QED) is 0.897. The van der Waals surface area contributed by atoms with Gasteiger partial charge in [-0.2, -0.15) is 0 Å². The first-order valence-electron chi connectivity index (χ1n) is 7.57. The number of carbonyl (C=O) groups excluding carboxylic acids is 1. The van der Waals surface area contributed by atoms with Gasteiger partial charge in [-0.05, 0) is 31.9 Å². The molecule has 1 atom stereocenters. The summed E-state index contributed by atoms with van der Waals surface area (Å²) in [5.74, 6) is 0.144. The molecule has 0 bridgehead atoms. The van der Waals surface area contributed by atoms with Crippen molar-refractivity contribution in [1.29, 1.82) is 0 Å². The molecule has 1 aliphatic heterocycles. The molecule has 118 valence electrons. The number of nitrogens with one attached hydrogen (secondary N) is 2. The van der Waals surface area contributed by atoms with Gasteiger partial charge in [0.1, 0.15) is 0 Å². The number of carbonyl (C=O) groups is 1. The maximum atomic E-state index is 12.2. The minimum Gasteiger partial charge on any atom is -0.354 e. The smallest absolute Gasteiger partial charge is 0.237 e. The highest BCUT2D eigenvalue weighted by Crippen LogP contribution is 2.23. The van der Waals surface area contributed by atoms with Gasteiger partial charge in [-0.3, -0.25) is 4.79 Å². The van der Waals surface area contributed by atoms with Crippen molar-refractivity contribution in [3.63, 3.8) is 0 Å². The molecule has 0 radical (unpaired) electrons. The van der Waals surface area contributed by atoms with E-state index in [1.165, 1.54) is 17.5 Å². The van der Waals surface area contributed by atoms with Crippen LogP contribution in [0.2, 0.25) is 0 Å². The van der Waals surface area contributed by atoms with E-state index in [9.17, 15) is 4.79 Å². The Kier molecular flexibility index (Phi) is 6.69. The van der Waals surface area contributed by atoms with Crippen LogP contribution >= 0.6 is 12.4 Å². The molecule has 1 fully saturated rings. The van der Waals surface area contributed by atoms with Crippen molar-refractivity contribution >= 4 is 18.3 Å². The second kappa shape index (κ2) is 7.81. The van der Waals surface area contributed by atoms with E-state index in [2.05, 4.69) is 55.7 Å². The van der Waals surface area contributed by atoms with E-state index < -0.39 is 0 Å². The molecule has 1 unspecified atom stereocenters. The third-order valence-corrected chi connectivity index (χ3v) is 4.13. The first kappa shape index (κ1) is 18.0. The van der Waals surface area contributed by atoms with Gasteiger partial charge in [-0.25, -0.2) is 0 Å². The van der Waals surface area contributed by atoms with Gasteiger partial charge in [0.15, 0.2) is 0 Å². The Bertz CT molecular complexity index is 468. The SMILES string of the molecule is Cc1cccc(C(C)(C)CNC(=O)C2CCCCN2)c1.Cl. The van der Waals surface area contributed by atoms with Crippen LogP contribution in [0.25, 0.3) is 0 Å². The molecular weight excluding hydrogens is 284 g/mol. The normalized spacial score (nSPS) is 18.7. The molecule has 0 spiro atoms. The maximum absolute atomic E-state index is 12.2. The van der Waals surface area contributed by atoms with Gasteiger partial charge in [-0.1, -0.05) is 50.1 Å². The molecule has 0 aromatic heterocycles. The van der Waals surface area contributed by atoms with Crippen molar-refractivity contribution in [3.8, 4) is 0 Å². The van der Waals surface area contributed by atoms with Crippen LogP contribution in [0.1, 0.15) is 44.2 Å². The lowest BCUT2D eigenvalue weighted by molar-refractivity contribution is -0.123. The standard InChI is InChI=1S/C17H26N2O.ClH/c1-13-7-6-8-14(11-13)17(2,3)12-19-16(20)15-9-4-5-10-18-15;/h6-8,11,15,18H,4-5,9-10,12H2,1-3H3,(H,19,20);1H. The minimum atomic E-state index is -0.0453. The average Bonchev–Trinajstić information content (AvgIpc) is 2.46. The van der Waals surface area contributed by atoms with Gasteiger partial charge in [0, 0.05) is 12.0 Å². The van der Waals surface area contributed by atoms with Crippen LogP contribution in [0.3, 0.4) is 0 Å². The third kappa shape index (κ3) is 5.01. The van der Waals surface area contributed by atoms with Crippen molar-refractivity contribution in [2.75, 3.05) is 13.1 Å². The fraction of sp³-hybridized carbons (Fsp3) is 0.588. The summed E-state index contributed by atoms with van der Waals surface area (Å²) in [6.07, 6.45) is 3.28. The van der Waals surface area contributed by atoms with Crippen LogP contribution < -0.4 is 10.6 Å². The topological polar surface area (TPSA) is 41.1 Å². The third-order valence-electron chi connectivity index (χ3n) is 4.13. The van der Waals surface area contributed by atoms with Crippen LogP contribution in [-0.2, 0) is 10.2 Å². The molecule has 3 nitrogen and oxygen atoms in total. The number of benzene rings is 1. The Morgan fingerprint density at radius 2 is 2.14 bits per heavy atom. The predicted molar refractivity (Wildman–Crippen MR) is 90.1 cm³/mol. The van der Waals surface area contributed by atoms with Gasteiger partial charge >= 0.3 is 0 Å². The summed E-state index contributed by atoms with van der Waals surface area (Å²) in [6, 6.07) is 8.52. The zero-order valence-electron chi connectivity index (χ0n) is 13.2. The number of halogens is 1. The van der Waals surface area contributed by atoms with Gasteiger partial charge in [0.25, 0.3) is 0 Å². The van der Waals surface area contributed by atoms with Crippen molar-refractivity contribution in [2.24, 2.45) is 0 Å². The molecule has 0 aliphatic carbocycles. The summed E-state index contributed by atoms with van der Waals surface area (Å²) in [5.41, 5.74) is 2.49. The summed E-state index contributed by atoms with van der Waals surface area (Å²) >= 11 is 0. The molecule has 0 saturated carbocycles. The number of amides is 1. The molecule has 1 aromatic rings. The van der Waals surface area contributed by atoms with E-state index in [1.54, 1.807) is 0 Å². The Hall–Kier alpha value is -1.06. The van der Waals surface area contributed by atoms with Crippen molar-refractivity contribution < 1.29 is 4.79 Å². The highest BCUT2D eigenvalue weighted by molar-refractivity contribution is 5.85. The first-order valence-corrected chi connectivity index (χ1v) is 7.57. The first-order chi connectivity index (χ1) is 9.49. The fourth-order valence-corrected chi connectivity index (χ4v) is 2.67. The summed E-state index contributed by atoms with van der Waals surface area (Å²) in [4.78, 5) is 12.2. The van der Waals surface area contributed by atoms with E-state index >= 15 is 0 Å². The second-order valence-corrected chi connectivity index (χ2v) is 6.47. The lowest BCUT2D eigenvalue weighted by Gasteiger charge is -2.28. The van der Waals surface area contributed by atoms with E-state index in [4.69, 9.17) is 0 Å². The number of aryl methyl sites for hydroxylation is 1. The van der Waals surface area contributed by atoms with Crippen LogP contribution in [0, 0.1) is 6.92 Å². The molecule has 2 rings (SSSR count). The molecule has 1 aromatic carbocycles. The molecule has 1 saturated heterocycles. The van der Waals surface area contributed by atoms with Gasteiger partial charge in [0.05, 0.1) is 6.04 Å². The lowest BCUT2D eigenvalue weighted by atomic mass is 9.84. The Morgan fingerprint density at radius 3 is 2.76 bits per heavy atom. The molecular formula is C17H27ClN2O. The summed E-state index contributed by atoms with van der Waals surface area (Å²) in [5, 5.41) is 6.40. The lowest BCUT2D eigenvalue weighted by Crippen LogP contribution is -2.49. The zero-order valence-corrected chi connectivity index (χ0v) is 14.1. The second-order valence-electron chi connectivity index (χ2n) is 6.47. The monoisotopic (exact) mass is 310 g/mol. The van der Waals surface area contributed by atoms with Crippen molar-refractivity contribution in [2.45, 2.75) is 51.5 Å². The van der Waals surface area contributed by atoms with Crippen LogP contribution in [0.4, 0.5) is 0 Å². The minimum absolute atomic E-state index is 0. The summed E-state index contributed by atoms with van der Waals surface area (Å²) in [6.45, 7) is 8.09. The Morgan fingerprint density at radius 1 is 1.38 bits per heavy atom. The highest BCUT2D eigenvalue weighted by Gasteiger charge is 2.25. The number of hydrogen-bond acceptors (Lipinski definition) is 2. The largest absolute Gasteiger partial charge is 0.354 e. The highest BCUT2D eigenvalue weighted by atomic mass is 35.5. The van der Waals surface area contributed by atoms with Crippen LogP contribution in [-0.4, -0.2) is 25.0 Å². The van der Waals surface area contributed by atoms with E-state index in [-0.39, 0.29) is 29.8 Å². The molecule has 1 aliphatic rings. The summed E-state index contributed by atoms with van der Waals surface area (Å²) in [7, 11) is 0. The zero-order chi connectivity index (χ0) is 14.6. The molecule has 4 heteroatoms. The van der Waals surface area contributed by atoms with Crippen LogP contribution in [0.5, 0.6) is 0 Å². The molecule has 2 N–H and O–H groups in total. The maximum Gasteiger partial charge on any atom is 0.237 e. The average molecular weight is 311 g/mol. The number of rotatable bonds is 4. The Labute approximate surface area is 134 Å². The molecule has 1 heterocycles. The van der Waals surface area contributed by atoms with Gasteiger partial charge in [-0.15, -0.1) is 12.4 Å². The van der Waals surface area contributed by atoms with E-state index in [1.807, 2.05) is 0 Å². The fourth-order valence-electron chi connectivity index (χ4n) is 2.67. The van der Waals surface area contributed by atoms with E-state index in [0.717, 1.165) is 19.4 Å². The Balaban J connectivity index is 0.00000220. The van der Waals surface area contributed by atoms with Gasteiger partial charge in [0.2, 0.25) is 5.91 Å².